The van der Waals surface area contributed by atoms with Crippen LogP contribution in [0.3, 0.4) is 0 Å². The number of hydrogen-bond donors (Lipinski definition) is 1. The molecule has 4 nitrogen and oxygen atoms in total. The van der Waals surface area contributed by atoms with Gasteiger partial charge in [0.1, 0.15) is 0 Å². The Bertz CT molecular complexity index is 488. The van der Waals surface area contributed by atoms with Crippen LogP contribution in [0.4, 0.5) is 4.79 Å². The van der Waals surface area contributed by atoms with Crippen LogP contribution < -0.4 is 5.43 Å². The molecule has 21 heavy (non-hydrogen) atoms. The number of amides is 1. The van der Waals surface area contributed by atoms with Crippen molar-refractivity contribution in [2.45, 2.75) is 51.9 Å². The van der Waals surface area contributed by atoms with E-state index in [2.05, 4.69) is 34.8 Å². The van der Waals surface area contributed by atoms with E-state index in [1.165, 1.54) is 37.7 Å². The molecular formula is C17H24N2O2. The van der Waals surface area contributed by atoms with Gasteiger partial charge in [-0.15, -0.1) is 0 Å². The molecule has 1 N–H and O–H groups in total. The van der Waals surface area contributed by atoms with E-state index in [4.69, 9.17) is 4.74 Å². The zero-order valence-corrected chi connectivity index (χ0v) is 12.9. The van der Waals surface area contributed by atoms with E-state index in [9.17, 15) is 4.79 Å². The third kappa shape index (κ3) is 4.59. The van der Waals surface area contributed by atoms with Gasteiger partial charge in [-0.1, -0.05) is 43.5 Å². The molecule has 0 atom stereocenters. The zero-order valence-electron chi connectivity index (χ0n) is 12.9. The standard InChI is InChI=1S/C17H24N2O2/c1-3-21-17(20)19-18-13(2)14-9-11-16(12-10-14)15-7-5-4-6-8-15/h9-12,15H,3-8H2,1-2H3,(H,19,20). The first-order valence-electron chi connectivity index (χ1n) is 7.78. The van der Waals surface area contributed by atoms with Gasteiger partial charge < -0.3 is 4.74 Å². The molecule has 1 amide bonds. The fourth-order valence-electron chi connectivity index (χ4n) is 2.79. The van der Waals surface area contributed by atoms with Crippen molar-refractivity contribution in [2.24, 2.45) is 5.10 Å². The fourth-order valence-corrected chi connectivity index (χ4v) is 2.79. The molecule has 1 aromatic rings. The Morgan fingerprint density at radius 1 is 1.24 bits per heavy atom. The molecular weight excluding hydrogens is 264 g/mol. The summed E-state index contributed by atoms with van der Waals surface area (Å²) in [6.45, 7) is 3.98. The monoisotopic (exact) mass is 288 g/mol. The minimum Gasteiger partial charge on any atom is -0.449 e. The quantitative estimate of drug-likeness (QED) is 0.666. The van der Waals surface area contributed by atoms with Crippen molar-refractivity contribution >= 4 is 11.8 Å². The lowest BCUT2D eigenvalue weighted by Gasteiger charge is -2.22. The molecule has 0 aromatic heterocycles. The number of ether oxygens (including phenoxy) is 1. The number of hydrogen-bond acceptors (Lipinski definition) is 3. The van der Waals surface area contributed by atoms with Crippen molar-refractivity contribution in [1.29, 1.82) is 0 Å². The first kappa shape index (κ1) is 15.5. The maximum atomic E-state index is 11.2. The Labute approximate surface area is 126 Å². The van der Waals surface area contributed by atoms with Crippen LogP contribution in [0.15, 0.2) is 29.4 Å². The smallest absolute Gasteiger partial charge is 0.427 e. The maximum absolute atomic E-state index is 11.2. The lowest BCUT2D eigenvalue weighted by atomic mass is 9.84. The Hall–Kier alpha value is -1.84. The summed E-state index contributed by atoms with van der Waals surface area (Å²) in [5.74, 6) is 0.711. The topological polar surface area (TPSA) is 50.7 Å². The van der Waals surface area contributed by atoms with Crippen LogP contribution in [0.2, 0.25) is 0 Å². The van der Waals surface area contributed by atoms with Crippen LogP contribution in [-0.2, 0) is 4.74 Å². The van der Waals surface area contributed by atoms with Gasteiger partial charge in [0.2, 0.25) is 0 Å². The van der Waals surface area contributed by atoms with Crippen molar-refractivity contribution in [2.75, 3.05) is 6.61 Å². The third-order valence-corrected chi connectivity index (χ3v) is 4.00. The van der Waals surface area contributed by atoms with Gasteiger partial charge in [0.15, 0.2) is 0 Å². The van der Waals surface area contributed by atoms with Crippen molar-refractivity contribution in [3.8, 4) is 0 Å². The Kier molecular flexibility index (Phi) is 5.78. The van der Waals surface area contributed by atoms with Crippen LogP contribution in [0, 0.1) is 0 Å². The number of carbonyl (C=O) groups is 1. The van der Waals surface area contributed by atoms with Gasteiger partial charge in [-0.3, -0.25) is 0 Å². The summed E-state index contributed by atoms with van der Waals surface area (Å²) in [7, 11) is 0. The number of benzene rings is 1. The van der Waals surface area contributed by atoms with E-state index in [-0.39, 0.29) is 0 Å². The highest BCUT2D eigenvalue weighted by Gasteiger charge is 2.15. The van der Waals surface area contributed by atoms with Gasteiger partial charge in [0.25, 0.3) is 0 Å². The summed E-state index contributed by atoms with van der Waals surface area (Å²) >= 11 is 0. The minimum absolute atomic E-state index is 0.344. The number of nitrogens with zero attached hydrogens (tertiary/aromatic N) is 1. The van der Waals surface area contributed by atoms with Gasteiger partial charge >= 0.3 is 6.09 Å². The predicted octanol–water partition coefficient (Wildman–Crippen LogP) is 4.20. The highest BCUT2D eigenvalue weighted by atomic mass is 16.5. The molecule has 0 spiro atoms. The van der Waals surface area contributed by atoms with Gasteiger partial charge in [0, 0.05) is 0 Å². The molecule has 1 aromatic carbocycles. The Morgan fingerprint density at radius 3 is 2.52 bits per heavy atom. The zero-order chi connectivity index (χ0) is 15.1. The molecule has 0 saturated heterocycles. The van der Waals surface area contributed by atoms with E-state index in [1.54, 1.807) is 6.92 Å². The molecule has 0 aliphatic heterocycles. The number of rotatable bonds is 4. The normalized spacial score (nSPS) is 16.6. The van der Waals surface area contributed by atoms with Gasteiger partial charge in [-0.25, -0.2) is 10.2 Å². The van der Waals surface area contributed by atoms with Crippen LogP contribution in [-0.4, -0.2) is 18.4 Å². The third-order valence-electron chi connectivity index (χ3n) is 4.00. The highest BCUT2D eigenvalue weighted by Crippen LogP contribution is 2.32. The van der Waals surface area contributed by atoms with Crippen LogP contribution in [0.1, 0.15) is 63.0 Å². The van der Waals surface area contributed by atoms with E-state index >= 15 is 0 Å². The Balaban J connectivity index is 1.97. The lowest BCUT2D eigenvalue weighted by Crippen LogP contribution is -2.20. The first-order valence-corrected chi connectivity index (χ1v) is 7.78. The van der Waals surface area contributed by atoms with E-state index < -0.39 is 6.09 Å². The summed E-state index contributed by atoms with van der Waals surface area (Å²) in [6, 6.07) is 8.54. The van der Waals surface area contributed by atoms with Crippen molar-refractivity contribution < 1.29 is 9.53 Å². The molecule has 1 fully saturated rings. The molecule has 2 rings (SSSR count). The highest BCUT2D eigenvalue weighted by molar-refractivity contribution is 5.99. The summed E-state index contributed by atoms with van der Waals surface area (Å²) in [4.78, 5) is 11.2. The summed E-state index contributed by atoms with van der Waals surface area (Å²) in [5.41, 5.74) is 5.60. The second-order valence-electron chi connectivity index (χ2n) is 5.49. The molecule has 0 radical (unpaired) electrons. The molecule has 0 unspecified atom stereocenters. The number of hydrazone groups is 1. The number of nitrogens with one attached hydrogen (secondary N) is 1. The number of carbonyl (C=O) groups excluding carboxylic acids is 1. The molecule has 1 saturated carbocycles. The van der Waals surface area contributed by atoms with E-state index in [0.717, 1.165) is 11.3 Å². The average Bonchev–Trinajstić information content (AvgIpc) is 2.54. The van der Waals surface area contributed by atoms with Gasteiger partial charge in [-0.05, 0) is 43.7 Å². The molecule has 0 heterocycles. The molecule has 0 bridgehead atoms. The minimum atomic E-state index is -0.518. The summed E-state index contributed by atoms with van der Waals surface area (Å²) < 4.78 is 4.77. The van der Waals surface area contributed by atoms with E-state index in [1.807, 2.05) is 6.92 Å². The van der Waals surface area contributed by atoms with Crippen LogP contribution in [0.25, 0.3) is 0 Å². The largest absolute Gasteiger partial charge is 0.449 e. The van der Waals surface area contributed by atoms with Gasteiger partial charge in [-0.2, -0.15) is 5.10 Å². The summed E-state index contributed by atoms with van der Waals surface area (Å²) in [5, 5.41) is 4.05. The maximum Gasteiger partial charge on any atom is 0.427 e. The SMILES string of the molecule is CCOC(=O)NN=C(C)c1ccc(C2CCCCC2)cc1. The molecule has 1 aliphatic carbocycles. The summed E-state index contributed by atoms with van der Waals surface area (Å²) in [6.07, 6.45) is 6.15. The molecule has 4 heteroatoms. The molecule has 114 valence electrons. The van der Waals surface area contributed by atoms with Crippen molar-refractivity contribution in [3.63, 3.8) is 0 Å². The van der Waals surface area contributed by atoms with Crippen molar-refractivity contribution in [3.05, 3.63) is 35.4 Å². The predicted molar refractivity (Wildman–Crippen MR) is 84.6 cm³/mol. The molecule has 1 aliphatic rings. The van der Waals surface area contributed by atoms with Gasteiger partial charge in [0.05, 0.1) is 12.3 Å². The first-order chi connectivity index (χ1) is 10.2. The van der Waals surface area contributed by atoms with Crippen molar-refractivity contribution in [1.82, 2.24) is 5.43 Å². The average molecular weight is 288 g/mol. The van der Waals surface area contributed by atoms with Crippen LogP contribution in [0.5, 0.6) is 0 Å². The van der Waals surface area contributed by atoms with E-state index in [0.29, 0.717) is 12.5 Å². The second kappa shape index (κ2) is 7.81. The second-order valence-corrected chi connectivity index (χ2v) is 5.49. The fraction of sp³-hybridized carbons (Fsp3) is 0.529. The lowest BCUT2D eigenvalue weighted by molar-refractivity contribution is 0.152. The Morgan fingerprint density at radius 2 is 1.90 bits per heavy atom. The van der Waals surface area contributed by atoms with Crippen LogP contribution >= 0.6 is 0 Å².